The Labute approximate surface area is 175 Å². The van der Waals surface area contributed by atoms with Gasteiger partial charge in [0, 0.05) is 17.0 Å². The lowest BCUT2D eigenvalue weighted by molar-refractivity contribution is 0.0945. The number of aromatic nitrogens is 2. The van der Waals surface area contributed by atoms with Gasteiger partial charge in [0.15, 0.2) is 0 Å². The summed E-state index contributed by atoms with van der Waals surface area (Å²) in [6.07, 6.45) is 0. The van der Waals surface area contributed by atoms with Crippen LogP contribution in [-0.4, -0.2) is 22.2 Å². The first-order chi connectivity index (χ1) is 13.3. The van der Waals surface area contributed by atoms with E-state index in [1.165, 1.54) is 0 Å². The van der Waals surface area contributed by atoms with Crippen molar-refractivity contribution in [3.05, 3.63) is 87.2 Å². The molecule has 0 saturated heterocycles. The van der Waals surface area contributed by atoms with Gasteiger partial charge in [-0.15, -0.1) is 0 Å². The van der Waals surface area contributed by atoms with E-state index in [0.29, 0.717) is 34.5 Å². The van der Waals surface area contributed by atoms with Crippen LogP contribution in [0.1, 0.15) is 41.0 Å². The van der Waals surface area contributed by atoms with E-state index in [1.807, 2.05) is 54.6 Å². The fourth-order valence-electron chi connectivity index (χ4n) is 3.07. The van der Waals surface area contributed by atoms with Gasteiger partial charge in [0.2, 0.25) is 0 Å². The van der Waals surface area contributed by atoms with Gasteiger partial charge >= 0.3 is 0 Å². The number of carbonyl (C=O) groups is 1. The van der Waals surface area contributed by atoms with Crippen molar-refractivity contribution >= 4 is 29.1 Å². The first-order valence-electron chi connectivity index (χ1n) is 9.09. The minimum Gasteiger partial charge on any atom is -0.351 e. The van der Waals surface area contributed by atoms with Crippen LogP contribution in [0.5, 0.6) is 0 Å². The average Bonchev–Trinajstić information content (AvgIpc) is 2.94. The lowest BCUT2D eigenvalue weighted by Crippen LogP contribution is -2.36. The van der Waals surface area contributed by atoms with Gasteiger partial charge in [-0.1, -0.05) is 79.5 Å². The lowest BCUT2D eigenvalue weighted by atomic mass is 9.84. The third-order valence-corrected chi connectivity index (χ3v) is 5.42. The van der Waals surface area contributed by atoms with E-state index in [2.05, 4.69) is 24.3 Å². The highest BCUT2D eigenvalue weighted by molar-refractivity contribution is 6.33. The molecule has 1 N–H and O–H groups in total. The number of nitrogens with one attached hydrogen (secondary N) is 1. The van der Waals surface area contributed by atoms with E-state index in [4.69, 9.17) is 23.2 Å². The van der Waals surface area contributed by atoms with Crippen LogP contribution >= 0.6 is 23.2 Å². The molecule has 0 aliphatic heterocycles. The summed E-state index contributed by atoms with van der Waals surface area (Å²) in [6, 6.07) is 17.6. The monoisotopic (exact) mass is 415 g/mol. The number of halogens is 2. The van der Waals surface area contributed by atoms with Crippen molar-refractivity contribution in [2.45, 2.75) is 32.7 Å². The van der Waals surface area contributed by atoms with Crippen LogP contribution in [-0.2, 0) is 12.0 Å². The molecule has 0 unspecified atom stereocenters. The second kappa shape index (κ2) is 8.38. The number of aryl methyl sites for hydroxylation is 1. The second-order valence-electron chi connectivity index (χ2n) is 7.47. The average molecular weight is 416 g/mol. The minimum atomic E-state index is -0.249. The molecule has 3 aromatic rings. The zero-order chi connectivity index (χ0) is 20.3. The van der Waals surface area contributed by atoms with Gasteiger partial charge in [-0.3, -0.25) is 4.79 Å². The molecular weight excluding hydrogens is 393 g/mol. The molecule has 1 heterocycles. The van der Waals surface area contributed by atoms with Gasteiger partial charge in [0.1, 0.15) is 5.15 Å². The Bertz CT molecular complexity index is 963. The van der Waals surface area contributed by atoms with Crippen molar-refractivity contribution in [2.24, 2.45) is 0 Å². The minimum absolute atomic E-state index is 0.219. The Balaban J connectivity index is 1.73. The van der Waals surface area contributed by atoms with Crippen LogP contribution in [0.3, 0.4) is 0 Å². The number of benzene rings is 2. The maximum absolute atomic E-state index is 12.8. The Hall–Kier alpha value is -2.30. The zero-order valence-electron chi connectivity index (χ0n) is 16.2. The molecule has 0 spiro atoms. The number of rotatable bonds is 6. The number of nitrogens with zero attached hydrogens (tertiary/aromatic N) is 2. The summed E-state index contributed by atoms with van der Waals surface area (Å²) in [5, 5.41) is 8.49. The third-order valence-electron chi connectivity index (χ3n) is 4.78. The molecule has 3 rings (SSSR count). The first kappa shape index (κ1) is 20.4. The maximum atomic E-state index is 12.8. The topological polar surface area (TPSA) is 46.9 Å². The van der Waals surface area contributed by atoms with Gasteiger partial charge in [0.05, 0.1) is 17.8 Å². The highest BCUT2D eigenvalue weighted by Gasteiger charge is 2.25. The summed E-state index contributed by atoms with van der Waals surface area (Å²) in [5.74, 6) is -0.219. The Kier molecular flexibility index (Phi) is 6.11. The summed E-state index contributed by atoms with van der Waals surface area (Å²) < 4.78 is 1.66. The molecule has 2 aromatic carbocycles. The Morgan fingerprint density at radius 1 is 1.07 bits per heavy atom. The van der Waals surface area contributed by atoms with Gasteiger partial charge in [0.25, 0.3) is 5.91 Å². The number of hydrogen-bond acceptors (Lipinski definition) is 2. The SMILES string of the molecule is Cc1nn(Cc2ccccc2)c(Cl)c1C(=O)NCC(C)(C)c1ccc(Cl)cc1. The van der Waals surface area contributed by atoms with Crippen molar-refractivity contribution in [2.75, 3.05) is 6.54 Å². The summed E-state index contributed by atoms with van der Waals surface area (Å²) in [6.45, 7) is 6.93. The number of amides is 1. The summed E-state index contributed by atoms with van der Waals surface area (Å²) in [4.78, 5) is 12.8. The van der Waals surface area contributed by atoms with Crippen LogP contribution in [0.25, 0.3) is 0 Å². The molecule has 4 nitrogen and oxygen atoms in total. The fourth-order valence-corrected chi connectivity index (χ4v) is 3.51. The van der Waals surface area contributed by atoms with Gasteiger partial charge in [-0.2, -0.15) is 5.10 Å². The molecule has 146 valence electrons. The van der Waals surface area contributed by atoms with Crippen LogP contribution < -0.4 is 5.32 Å². The summed E-state index contributed by atoms with van der Waals surface area (Å²) >= 11 is 12.5. The quantitative estimate of drug-likeness (QED) is 0.596. The predicted molar refractivity (Wildman–Crippen MR) is 114 cm³/mol. The van der Waals surface area contributed by atoms with Crippen molar-refractivity contribution in [1.82, 2.24) is 15.1 Å². The van der Waals surface area contributed by atoms with Gasteiger partial charge in [-0.25, -0.2) is 4.68 Å². The number of hydrogen-bond donors (Lipinski definition) is 1. The van der Waals surface area contributed by atoms with Crippen molar-refractivity contribution in [1.29, 1.82) is 0 Å². The molecule has 1 aromatic heterocycles. The van der Waals surface area contributed by atoms with E-state index in [-0.39, 0.29) is 11.3 Å². The van der Waals surface area contributed by atoms with Gasteiger partial charge < -0.3 is 5.32 Å². The summed E-state index contributed by atoms with van der Waals surface area (Å²) in [7, 11) is 0. The molecule has 0 aliphatic rings. The molecule has 6 heteroatoms. The molecule has 1 amide bonds. The Morgan fingerprint density at radius 3 is 2.36 bits per heavy atom. The van der Waals surface area contributed by atoms with E-state index in [0.717, 1.165) is 11.1 Å². The highest BCUT2D eigenvalue weighted by Crippen LogP contribution is 2.25. The second-order valence-corrected chi connectivity index (χ2v) is 8.26. The zero-order valence-corrected chi connectivity index (χ0v) is 17.7. The normalized spacial score (nSPS) is 11.5. The van der Waals surface area contributed by atoms with Crippen LogP contribution in [0, 0.1) is 6.92 Å². The molecule has 0 atom stereocenters. The molecular formula is C22H23Cl2N3O. The molecule has 0 radical (unpaired) electrons. The standard InChI is InChI=1S/C22H23Cl2N3O/c1-15-19(20(24)27(26-15)13-16-7-5-4-6-8-16)21(28)25-14-22(2,3)17-9-11-18(23)12-10-17/h4-12H,13-14H2,1-3H3,(H,25,28). The molecule has 0 aliphatic carbocycles. The number of carbonyl (C=O) groups excluding carboxylic acids is 1. The van der Waals surface area contributed by atoms with Crippen LogP contribution in [0.2, 0.25) is 10.2 Å². The smallest absolute Gasteiger partial charge is 0.256 e. The third kappa shape index (κ3) is 4.57. The lowest BCUT2D eigenvalue weighted by Gasteiger charge is -2.25. The van der Waals surface area contributed by atoms with Crippen molar-refractivity contribution in [3.8, 4) is 0 Å². The molecule has 0 fully saturated rings. The largest absolute Gasteiger partial charge is 0.351 e. The molecule has 0 bridgehead atoms. The molecule has 0 saturated carbocycles. The highest BCUT2D eigenvalue weighted by atomic mass is 35.5. The maximum Gasteiger partial charge on any atom is 0.256 e. The van der Waals surface area contributed by atoms with Crippen molar-refractivity contribution < 1.29 is 4.79 Å². The fraction of sp³-hybridized carbons (Fsp3) is 0.273. The van der Waals surface area contributed by atoms with Crippen molar-refractivity contribution in [3.63, 3.8) is 0 Å². The predicted octanol–water partition coefficient (Wildman–Crippen LogP) is 5.25. The van der Waals surface area contributed by atoms with E-state index in [1.54, 1.807) is 11.6 Å². The van der Waals surface area contributed by atoms with E-state index >= 15 is 0 Å². The van der Waals surface area contributed by atoms with Gasteiger partial charge in [-0.05, 0) is 30.2 Å². The van der Waals surface area contributed by atoms with E-state index < -0.39 is 0 Å². The Morgan fingerprint density at radius 2 is 1.71 bits per heavy atom. The molecule has 28 heavy (non-hydrogen) atoms. The first-order valence-corrected chi connectivity index (χ1v) is 9.84. The van der Waals surface area contributed by atoms with E-state index in [9.17, 15) is 4.79 Å². The van der Waals surface area contributed by atoms with Crippen LogP contribution in [0.4, 0.5) is 0 Å². The summed E-state index contributed by atoms with van der Waals surface area (Å²) in [5.41, 5.74) is 2.95. The van der Waals surface area contributed by atoms with Crippen LogP contribution in [0.15, 0.2) is 54.6 Å².